The Bertz CT molecular complexity index is 485. The Labute approximate surface area is 154 Å². The second-order valence-corrected chi connectivity index (χ2v) is 6.41. The van der Waals surface area contributed by atoms with Gasteiger partial charge in [0.2, 0.25) is 0 Å². The van der Waals surface area contributed by atoms with Crippen LogP contribution in [0.4, 0.5) is 13.2 Å². The van der Waals surface area contributed by atoms with Crippen molar-refractivity contribution in [3.05, 3.63) is 35.4 Å². The average molecular weight is 386 g/mol. The van der Waals surface area contributed by atoms with Gasteiger partial charge < -0.3 is 11.1 Å². The Morgan fingerprint density at radius 2 is 1.86 bits per heavy atom. The third-order valence-electron chi connectivity index (χ3n) is 5.12. The van der Waals surface area contributed by atoms with Gasteiger partial charge in [0.1, 0.15) is 0 Å². The van der Waals surface area contributed by atoms with Crippen molar-refractivity contribution in [1.82, 2.24) is 5.32 Å². The van der Waals surface area contributed by atoms with E-state index in [2.05, 4.69) is 17.4 Å². The molecule has 0 unspecified atom stereocenters. The van der Waals surface area contributed by atoms with E-state index in [4.69, 9.17) is 5.73 Å². The second kappa shape index (κ2) is 6.88. The van der Waals surface area contributed by atoms with Crippen LogP contribution in [0.25, 0.3) is 0 Å². The summed E-state index contributed by atoms with van der Waals surface area (Å²) < 4.78 is 37.0. The molecule has 2 aliphatic rings. The van der Waals surface area contributed by atoms with Crippen LogP contribution in [-0.2, 0) is 45.6 Å². The van der Waals surface area contributed by atoms with E-state index in [1.165, 1.54) is 11.1 Å². The van der Waals surface area contributed by atoms with Crippen LogP contribution in [0.2, 0.25) is 0 Å². The first-order valence-electron chi connectivity index (χ1n) is 7.43. The van der Waals surface area contributed by atoms with Crippen LogP contribution in [0.5, 0.6) is 0 Å². The minimum absolute atomic E-state index is 0. The van der Waals surface area contributed by atoms with Gasteiger partial charge >= 0.3 is 6.18 Å². The predicted molar refractivity (Wildman–Crippen MR) is 74.7 cm³/mol. The Balaban J connectivity index is 0.00000176. The largest absolute Gasteiger partial charge is 0.401 e. The quantitative estimate of drug-likeness (QED) is 0.784. The van der Waals surface area contributed by atoms with Crippen molar-refractivity contribution in [3.63, 3.8) is 0 Å². The molecule has 3 atom stereocenters. The van der Waals surface area contributed by atoms with Crippen molar-refractivity contribution in [2.24, 2.45) is 17.6 Å². The summed E-state index contributed by atoms with van der Waals surface area (Å²) in [5.41, 5.74) is 8.58. The number of hydrogen-bond acceptors (Lipinski definition) is 2. The monoisotopic (exact) mass is 386 g/mol. The first-order valence-corrected chi connectivity index (χ1v) is 7.43. The fourth-order valence-electron chi connectivity index (χ4n) is 3.98. The molecule has 1 saturated carbocycles. The van der Waals surface area contributed by atoms with Gasteiger partial charge in [-0.2, -0.15) is 48.6 Å². The fraction of sp³-hybridized carbons (Fsp3) is 0.625. The SMILES string of the molecule is N[C@]1(CNCC(F)(F)F)[C@@H]2CC[C@H]1Cc1c[c-]ccc1C2.[Y]. The molecular formula is C16H20F3N2Y-. The van der Waals surface area contributed by atoms with Crippen LogP contribution in [0.3, 0.4) is 0 Å². The molecule has 2 bridgehead atoms. The van der Waals surface area contributed by atoms with E-state index in [1.54, 1.807) is 0 Å². The van der Waals surface area contributed by atoms with Crippen LogP contribution in [0.15, 0.2) is 18.2 Å². The molecule has 1 radical (unpaired) electrons. The molecular weight excluding hydrogens is 366 g/mol. The van der Waals surface area contributed by atoms with E-state index >= 15 is 0 Å². The molecule has 1 aromatic rings. The van der Waals surface area contributed by atoms with Gasteiger partial charge in [0.25, 0.3) is 0 Å². The first-order chi connectivity index (χ1) is 9.88. The van der Waals surface area contributed by atoms with Crippen molar-refractivity contribution in [1.29, 1.82) is 0 Å². The molecule has 1 aromatic carbocycles. The van der Waals surface area contributed by atoms with Crippen LogP contribution in [-0.4, -0.2) is 24.8 Å². The Hall–Kier alpha value is 0.0339. The molecule has 0 aliphatic heterocycles. The topological polar surface area (TPSA) is 38.0 Å². The molecule has 0 aromatic heterocycles. The number of nitrogens with two attached hydrogens (primary N) is 1. The zero-order valence-corrected chi connectivity index (χ0v) is 15.3. The number of alkyl halides is 3. The molecule has 6 heteroatoms. The van der Waals surface area contributed by atoms with Crippen molar-refractivity contribution in [2.75, 3.05) is 13.1 Å². The molecule has 1 fully saturated rings. The first kappa shape index (κ1) is 18.4. The summed E-state index contributed by atoms with van der Waals surface area (Å²) in [7, 11) is 0. The van der Waals surface area contributed by atoms with Crippen LogP contribution in [0.1, 0.15) is 24.0 Å². The van der Waals surface area contributed by atoms with E-state index in [1.807, 2.05) is 12.1 Å². The summed E-state index contributed by atoms with van der Waals surface area (Å²) >= 11 is 0. The number of halogens is 3. The molecule has 0 spiro atoms. The summed E-state index contributed by atoms with van der Waals surface area (Å²) in [6.45, 7) is -0.730. The normalized spacial score (nSPS) is 30.4. The number of rotatable bonds is 3. The van der Waals surface area contributed by atoms with Gasteiger partial charge in [-0.25, -0.2) is 0 Å². The van der Waals surface area contributed by atoms with E-state index in [9.17, 15) is 13.2 Å². The summed E-state index contributed by atoms with van der Waals surface area (Å²) in [5.74, 6) is 0.507. The second-order valence-electron chi connectivity index (χ2n) is 6.41. The third kappa shape index (κ3) is 3.74. The standard InChI is InChI=1S/C16H20F3N2.Y/c17-16(18,19)10-21-9-15(20)13-5-6-14(15)8-12-4-2-1-3-11(12)7-13;/h1,3-4,13-14,21H,5-10,20H2;/q-1;/t13-,14+,15-;/m1./s1. The van der Waals surface area contributed by atoms with E-state index in [0.717, 1.165) is 25.7 Å². The maximum atomic E-state index is 12.3. The van der Waals surface area contributed by atoms with Crippen LogP contribution >= 0.6 is 0 Å². The smallest absolute Gasteiger partial charge is 0.324 e. The molecule has 3 rings (SSSR count). The summed E-state index contributed by atoms with van der Waals surface area (Å²) in [4.78, 5) is 0. The molecule has 22 heavy (non-hydrogen) atoms. The van der Waals surface area contributed by atoms with Gasteiger partial charge in [0.05, 0.1) is 6.54 Å². The van der Waals surface area contributed by atoms with Gasteiger partial charge in [-0.05, 0) is 31.1 Å². The number of fused-ring (bicyclic) bond motifs is 3. The zero-order chi connectivity index (χ0) is 15.1. The number of benzene rings is 1. The van der Waals surface area contributed by atoms with Crippen LogP contribution in [0, 0.1) is 17.9 Å². The number of hydrogen-bond donors (Lipinski definition) is 2. The summed E-state index contributed by atoms with van der Waals surface area (Å²) in [5, 5.41) is 2.53. The van der Waals surface area contributed by atoms with Crippen molar-refractivity contribution in [3.8, 4) is 0 Å². The Morgan fingerprint density at radius 1 is 1.23 bits per heavy atom. The Morgan fingerprint density at radius 3 is 2.50 bits per heavy atom. The predicted octanol–water partition coefficient (Wildman–Crippen LogP) is 2.46. The van der Waals surface area contributed by atoms with E-state index in [-0.39, 0.29) is 51.1 Å². The molecule has 0 amide bonds. The zero-order valence-electron chi connectivity index (χ0n) is 12.4. The van der Waals surface area contributed by atoms with Gasteiger partial charge in [0.15, 0.2) is 0 Å². The van der Waals surface area contributed by atoms with Crippen molar-refractivity contribution >= 4 is 0 Å². The van der Waals surface area contributed by atoms with Crippen LogP contribution < -0.4 is 11.1 Å². The van der Waals surface area contributed by atoms with Crippen molar-refractivity contribution < 1.29 is 45.9 Å². The van der Waals surface area contributed by atoms with E-state index < -0.39 is 18.3 Å². The molecule has 119 valence electrons. The average Bonchev–Trinajstić information content (AvgIpc) is 2.60. The molecule has 3 N–H and O–H groups in total. The fourth-order valence-corrected chi connectivity index (χ4v) is 3.98. The maximum absolute atomic E-state index is 12.3. The van der Waals surface area contributed by atoms with Gasteiger partial charge in [-0.15, -0.1) is 0 Å². The third-order valence-corrected chi connectivity index (χ3v) is 5.12. The minimum atomic E-state index is -4.18. The Kier molecular flexibility index (Phi) is 5.74. The maximum Gasteiger partial charge on any atom is 0.401 e. The van der Waals surface area contributed by atoms with Gasteiger partial charge in [-0.3, -0.25) is 0 Å². The summed E-state index contributed by atoms with van der Waals surface area (Å²) in [6, 6.07) is 9.06. The summed E-state index contributed by atoms with van der Waals surface area (Å²) in [6.07, 6.45) is -0.452. The molecule has 0 saturated heterocycles. The minimum Gasteiger partial charge on any atom is -0.324 e. The van der Waals surface area contributed by atoms with Crippen molar-refractivity contribution in [2.45, 2.75) is 37.4 Å². The van der Waals surface area contributed by atoms with Gasteiger partial charge in [-0.1, -0.05) is 6.42 Å². The number of nitrogens with one attached hydrogen (secondary N) is 1. The molecule has 2 aliphatic carbocycles. The van der Waals surface area contributed by atoms with E-state index in [0.29, 0.717) is 0 Å². The molecule has 2 nitrogen and oxygen atoms in total. The molecule has 0 heterocycles. The van der Waals surface area contributed by atoms with Gasteiger partial charge in [0, 0.05) is 44.8 Å².